The highest BCUT2D eigenvalue weighted by molar-refractivity contribution is 5.31. The monoisotopic (exact) mass is 231 g/mol. The Kier molecular flexibility index (Phi) is 3.17. The van der Waals surface area contributed by atoms with Crippen molar-refractivity contribution in [1.82, 2.24) is 5.32 Å². The highest BCUT2D eigenvalue weighted by Gasteiger charge is 2.28. The third-order valence-electron chi connectivity index (χ3n) is 4.29. The molecule has 0 amide bonds. The van der Waals surface area contributed by atoms with E-state index in [0.717, 1.165) is 19.1 Å². The Morgan fingerprint density at radius 3 is 2.88 bits per heavy atom. The van der Waals surface area contributed by atoms with E-state index in [2.05, 4.69) is 36.5 Å². The largest absolute Gasteiger partial charge is 0.375 e. The Balaban J connectivity index is 1.71. The molecule has 2 nitrogen and oxygen atoms in total. The van der Waals surface area contributed by atoms with Gasteiger partial charge in [-0.15, -0.1) is 0 Å². The fourth-order valence-corrected chi connectivity index (χ4v) is 2.91. The Labute approximate surface area is 103 Å². The first-order valence-corrected chi connectivity index (χ1v) is 6.76. The third-order valence-corrected chi connectivity index (χ3v) is 4.29. The van der Waals surface area contributed by atoms with E-state index < -0.39 is 0 Å². The number of fused-ring (bicyclic) bond motifs is 1. The van der Waals surface area contributed by atoms with Crippen LogP contribution in [-0.4, -0.2) is 12.6 Å². The van der Waals surface area contributed by atoms with Crippen molar-refractivity contribution in [2.75, 3.05) is 6.61 Å². The lowest BCUT2D eigenvalue weighted by Crippen LogP contribution is -2.42. The van der Waals surface area contributed by atoms with Gasteiger partial charge in [-0.25, -0.2) is 0 Å². The summed E-state index contributed by atoms with van der Waals surface area (Å²) in [4.78, 5) is 0. The number of rotatable bonds is 3. The average Bonchev–Trinajstić information content (AvgIpc) is 2.27. The minimum atomic E-state index is 0.385. The van der Waals surface area contributed by atoms with Crippen molar-refractivity contribution in [2.24, 2.45) is 5.92 Å². The predicted octanol–water partition coefficient (Wildman–Crippen LogP) is 3.04. The van der Waals surface area contributed by atoms with Gasteiger partial charge in [-0.3, -0.25) is 0 Å². The van der Waals surface area contributed by atoms with E-state index in [9.17, 15) is 0 Å². The maximum atomic E-state index is 5.68. The van der Waals surface area contributed by atoms with Gasteiger partial charge in [0.2, 0.25) is 0 Å². The minimum absolute atomic E-state index is 0.385. The van der Waals surface area contributed by atoms with Crippen LogP contribution in [0, 0.1) is 5.92 Å². The Bertz CT molecular complexity index is 386. The fourth-order valence-electron chi connectivity index (χ4n) is 2.91. The molecule has 2 unspecified atom stereocenters. The van der Waals surface area contributed by atoms with E-state index >= 15 is 0 Å². The molecule has 1 aliphatic carbocycles. The lowest BCUT2D eigenvalue weighted by atomic mass is 9.80. The summed E-state index contributed by atoms with van der Waals surface area (Å²) in [5.74, 6) is 0.879. The zero-order chi connectivity index (χ0) is 11.7. The van der Waals surface area contributed by atoms with E-state index in [-0.39, 0.29) is 0 Å². The summed E-state index contributed by atoms with van der Waals surface area (Å²) in [5, 5.41) is 3.75. The van der Waals surface area contributed by atoms with Crippen LogP contribution in [0.3, 0.4) is 0 Å². The van der Waals surface area contributed by atoms with Crippen LogP contribution in [0.15, 0.2) is 24.3 Å². The number of benzene rings is 1. The van der Waals surface area contributed by atoms with Gasteiger partial charge in [0.15, 0.2) is 0 Å². The van der Waals surface area contributed by atoms with Gasteiger partial charge in [0.05, 0.1) is 19.3 Å². The van der Waals surface area contributed by atoms with Crippen LogP contribution in [0.2, 0.25) is 0 Å². The maximum absolute atomic E-state index is 5.68. The molecule has 0 spiro atoms. The number of ether oxygens (including phenoxy) is 1. The highest BCUT2D eigenvalue weighted by atomic mass is 16.5. The van der Waals surface area contributed by atoms with Gasteiger partial charge < -0.3 is 10.1 Å². The number of hydrogen-bond donors (Lipinski definition) is 1. The second-order valence-electron chi connectivity index (χ2n) is 5.41. The molecule has 2 aliphatic rings. The summed E-state index contributed by atoms with van der Waals surface area (Å²) < 4.78 is 5.68. The third kappa shape index (κ3) is 2.24. The molecule has 0 radical (unpaired) electrons. The molecule has 92 valence electrons. The van der Waals surface area contributed by atoms with E-state index in [1.807, 2.05) is 0 Å². The molecule has 1 fully saturated rings. The number of nitrogens with one attached hydrogen (secondary N) is 1. The lowest BCUT2D eigenvalue weighted by molar-refractivity contribution is 0.0727. The lowest BCUT2D eigenvalue weighted by Gasteiger charge is -2.36. The van der Waals surface area contributed by atoms with Gasteiger partial charge in [-0.05, 0) is 36.8 Å². The SMILES string of the molecule is CC(NC1COCc2ccccc21)C1CCC1. The summed E-state index contributed by atoms with van der Waals surface area (Å²) in [6.07, 6.45) is 4.20. The van der Waals surface area contributed by atoms with Crippen molar-refractivity contribution in [3.63, 3.8) is 0 Å². The molecule has 1 N–H and O–H groups in total. The van der Waals surface area contributed by atoms with Gasteiger partial charge in [-0.2, -0.15) is 0 Å². The molecule has 1 aromatic rings. The van der Waals surface area contributed by atoms with Crippen LogP contribution in [-0.2, 0) is 11.3 Å². The molecular weight excluding hydrogens is 210 g/mol. The molecule has 2 heteroatoms. The first kappa shape index (κ1) is 11.2. The van der Waals surface area contributed by atoms with E-state index in [1.54, 1.807) is 0 Å². The van der Waals surface area contributed by atoms with Gasteiger partial charge in [-0.1, -0.05) is 30.7 Å². The summed E-state index contributed by atoms with van der Waals surface area (Å²) in [7, 11) is 0. The quantitative estimate of drug-likeness (QED) is 0.863. The summed E-state index contributed by atoms with van der Waals surface area (Å²) in [6.45, 7) is 3.90. The molecule has 1 saturated carbocycles. The molecule has 17 heavy (non-hydrogen) atoms. The average molecular weight is 231 g/mol. The van der Waals surface area contributed by atoms with Crippen LogP contribution in [0.25, 0.3) is 0 Å². The molecule has 1 aliphatic heterocycles. The molecule has 0 aromatic heterocycles. The zero-order valence-corrected chi connectivity index (χ0v) is 10.5. The second-order valence-corrected chi connectivity index (χ2v) is 5.41. The zero-order valence-electron chi connectivity index (χ0n) is 10.5. The van der Waals surface area contributed by atoms with Crippen LogP contribution < -0.4 is 5.32 Å². The van der Waals surface area contributed by atoms with Crippen molar-refractivity contribution in [3.8, 4) is 0 Å². The van der Waals surface area contributed by atoms with Gasteiger partial charge >= 0.3 is 0 Å². The van der Waals surface area contributed by atoms with Crippen molar-refractivity contribution in [3.05, 3.63) is 35.4 Å². The molecule has 0 bridgehead atoms. The Morgan fingerprint density at radius 1 is 1.29 bits per heavy atom. The van der Waals surface area contributed by atoms with Crippen molar-refractivity contribution < 1.29 is 4.74 Å². The predicted molar refractivity (Wildman–Crippen MR) is 68.8 cm³/mol. The maximum Gasteiger partial charge on any atom is 0.0721 e. The topological polar surface area (TPSA) is 21.3 Å². The molecule has 3 rings (SSSR count). The van der Waals surface area contributed by atoms with Gasteiger partial charge in [0.1, 0.15) is 0 Å². The first-order valence-electron chi connectivity index (χ1n) is 6.76. The normalized spacial score (nSPS) is 26.1. The second kappa shape index (κ2) is 4.79. The smallest absolute Gasteiger partial charge is 0.0721 e. The van der Waals surface area contributed by atoms with Crippen LogP contribution >= 0.6 is 0 Å². The molecular formula is C15H21NO. The standard InChI is InChI=1S/C15H21NO/c1-11(12-6-4-7-12)16-15-10-17-9-13-5-2-3-8-14(13)15/h2-3,5,8,11-12,15-16H,4,6-7,9-10H2,1H3. The van der Waals surface area contributed by atoms with Gasteiger partial charge in [0.25, 0.3) is 0 Å². The van der Waals surface area contributed by atoms with E-state index in [4.69, 9.17) is 4.74 Å². The first-order chi connectivity index (χ1) is 8.34. The van der Waals surface area contributed by atoms with Crippen molar-refractivity contribution in [1.29, 1.82) is 0 Å². The van der Waals surface area contributed by atoms with Crippen LogP contribution in [0.1, 0.15) is 43.4 Å². The minimum Gasteiger partial charge on any atom is -0.375 e. The highest BCUT2D eigenvalue weighted by Crippen LogP contribution is 2.32. The molecule has 2 atom stereocenters. The summed E-state index contributed by atoms with van der Waals surface area (Å²) >= 11 is 0. The van der Waals surface area contributed by atoms with Gasteiger partial charge in [0, 0.05) is 6.04 Å². The summed E-state index contributed by atoms with van der Waals surface area (Å²) in [6, 6.07) is 9.64. The summed E-state index contributed by atoms with van der Waals surface area (Å²) in [5.41, 5.74) is 2.78. The molecule has 1 heterocycles. The number of hydrogen-bond acceptors (Lipinski definition) is 2. The Hall–Kier alpha value is -0.860. The van der Waals surface area contributed by atoms with E-state index in [0.29, 0.717) is 12.1 Å². The Morgan fingerprint density at radius 2 is 2.12 bits per heavy atom. The van der Waals surface area contributed by atoms with Crippen molar-refractivity contribution in [2.45, 2.75) is 44.9 Å². The fraction of sp³-hybridized carbons (Fsp3) is 0.600. The van der Waals surface area contributed by atoms with Crippen LogP contribution in [0.4, 0.5) is 0 Å². The van der Waals surface area contributed by atoms with E-state index in [1.165, 1.54) is 30.4 Å². The van der Waals surface area contributed by atoms with Crippen LogP contribution in [0.5, 0.6) is 0 Å². The molecule has 0 saturated heterocycles. The van der Waals surface area contributed by atoms with Crippen molar-refractivity contribution >= 4 is 0 Å². The molecule has 1 aromatic carbocycles.